The van der Waals surface area contributed by atoms with Crippen molar-refractivity contribution >= 4 is 11.6 Å². The van der Waals surface area contributed by atoms with E-state index in [1.807, 2.05) is 13.0 Å². The minimum absolute atomic E-state index is 0.516. The molecule has 0 bridgehead atoms. The topological polar surface area (TPSA) is 0 Å². The maximum absolute atomic E-state index is 6.09. The van der Waals surface area contributed by atoms with Crippen molar-refractivity contribution in [3.05, 3.63) is 34.3 Å². The van der Waals surface area contributed by atoms with Crippen LogP contribution in [0.1, 0.15) is 30.9 Å². The standard InChI is InChI=1S/C10H13Cl/c1-7(2)9-6-4-5-8(3)10(9)11/h4-7H,1-3H3. The Morgan fingerprint density at radius 3 is 2.36 bits per heavy atom. The van der Waals surface area contributed by atoms with E-state index in [1.165, 1.54) is 5.56 Å². The second-order valence-electron chi connectivity index (χ2n) is 3.13. The third kappa shape index (κ3) is 1.75. The summed E-state index contributed by atoms with van der Waals surface area (Å²) in [6.45, 7) is 6.34. The van der Waals surface area contributed by atoms with Crippen molar-refractivity contribution in [2.24, 2.45) is 0 Å². The first-order valence-corrected chi connectivity index (χ1v) is 4.25. The van der Waals surface area contributed by atoms with E-state index in [1.54, 1.807) is 0 Å². The highest BCUT2D eigenvalue weighted by Crippen LogP contribution is 2.26. The third-order valence-electron chi connectivity index (χ3n) is 1.84. The molecule has 0 heterocycles. The highest BCUT2D eigenvalue weighted by molar-refractivity contribution is 6.32. The first kappa shape index (κ1) is 8.61. The van der Waals surface area contributed by atoms with Crippen molar-refractivity contribution in [1.82, 2.24) is 0 Å². The zero-order valence-corrected chi connectivity index (χ0v) is 7.94. The third-order valence-corrected chi connectivity index (χ3v) is 2.36. The fourth-order valence-corrected chi connectivity index (χ4v) is 1.46. The van der Waals surface area contributed by atoms with E-state index in [9.17, 15) is 0 Å². The fourth-order valence-electron chi connectivity index (χ4n) is 1.12. The summed E-state index contributed by atoms with van der Waals surface area (Å²) < 4.78 is 0. The van der Waals surface area contributed by atoms with Crippen LogP contribution in [0, 0.1) is 6.92 Å². The van der Waals surface area contributed by atoms with E-state index in [0.29, 0.717) is 5.92 Å². The van der Waals surface area contributed by atoms with Gasteiger partial charge in [-0.3, -0.25) is 0 Å². The summed E-state index contributed by atoms with van der Waals surface area (Å²) in [7, 11) is 0. The molecule has 0 atom stereocenters. The summed E-state index contributed by atoms with van der Waals surface area (Å²) in [6, 6.07) is 6.17. The maximum atomic E-state index is 6.09. The Kier molecular flexibility index (Phi) is 2.56. The van der Waals surface area contributed by atoms with Crippen molar-refractivity contribution in [3.8, 4) is 0 Å². The molecule has 0 nitrogen and oxygen atoms in total. The molecular formula is C10H13Cl. The van der Waals surface area contributed by atoms with Gasteiger partial charge in [-0.2, -0.15) is 0 Å². The molecule has 1 rings (SSSR count). The Balaban J connectivity index is 3.17. The number of hydrogen-bond acceptors (Lipinski definition) is 0. The minimum atomic E-state index is 0.516. The molecule has 0 spiro atoms. The van der Waals surface area contributed by atoms with Gasteiger partial charge in [-0.1, -0.05) is 43.6 Å². The van der Waals surface area contributed by atoms with E-state index >= 15 is 0 Å². The zero-order valence-electron chi connectivity index (χ0n) is 7.19. The first-order chi connectivity index (χ1) is 5.13. The van der Waals surface area contributed by atoms with Crippen LogP contribution in [0.2, 0.25) is 5.02 Å². The van der Waals surface area contributed by atoms with Crippen LogP contribution in [0.15, 0.2) is 18.2 Å². The molecule has 0 aliphatic carbocycles. The van der Waals surface area contributed by atoms with Gasteiger partial charge < -0.3 is 0 Å². The van der Waals surface area contributed by atoms with Crippen LogP contribution in [-0.4, -0.2) is 0 Å². The summed E-state index contributed by atoms with van der Waals surface area (Å²) in [6.07, 6.45) is 0. The molecular weight excluding hydrogens is 156 g/mol. The van der Waals surface area contributed by atoms with E-state index in [0.717, 1.165) is 10.6 Å². The molecule has 0 N–H and O–H groups in total. The van der Waals surface area contributed by atoms with Gasteiger partial charge in [0.15, 0.2) is 0 Å². The average molecular weight is 169 g/mol. The van der Waals surface area contributed by atoms with Crippen LogP contribution in [0.3, 0.4) is 0 Å². The SMILES string of the molecule is Cc1cccc(C(C)C)c1Cl. The van der Waals surface area contributed by atoms with Gasteiger partial charge in [0.05, 0.1) is 0 Å². The molecule has 1 aromatic rings. The van der Waals surface area contributed by atoms with E-state index in [4.69, 9.17) is 11.6 Å². The van der Waals surface area contributed by atoms with Crippen molar-refractivity contribution in [2.45, 2.75) is 26.7 Å². The summed E-state index contributed by atoms with van der Waals surface area (Å²) >= 11 is 6.09. The number of benzene rings is 1. The van der Waals surface area contributed by atoms with Crippen LogP contribution >= 0.6 is 11.6 Å². The summed E-state index contributed by atoms with van der Waals surface area (Å²) in [5.41, 5.74) is 2.41. The lowest BCUT2D eigenvalue weighted by molar-refractivity contribution is 0.865. The Morgan fingerprint density at radius 2 is 1.91 bits per heavy atom. The van der Waals surface area contributed by atoms with Crippen molar-refractivity contribution in [3.63, 3.8) is 0 Å². The molecule has 0 radical (unpaired) electrons. The second kappa shape index (κ2) is 3.27. The smallest absolute Gasteiger partial charge is 0.0469 e. The molecule has 1 heteroatoms. The molecule has 0 amide bonds. The Bertz CT molecular complexity index is 251. The fraction of sp³-hybridized carbons (Fsp3) is 0.400. The highest BCUT2D eigenvalue weighted by atomic mass is 35.5. The van der Waals surface area contributed by atoms with Crippen molar-refractivity contribution in [1.29, 1.82) is 0 Å². The molecule has 1 aromatic carbocycles. The predicted octanol–water partition coefficient (Wildman–Crippen LogP) is 3.77. The van der Waals surface area contributed by atoms with Crippen LogP contribution in [0.4, 0.5) is 0 Å². The lowest BCUT2D eigenvalue weighted by atomic mass is 10.0. The largest absolute Gasteiger partial charge is 0.0837 e. The monoisotopic (exact) mass is 168 g/mol. The molecule has 0 unspecified atom stereocenters. The van der Waals surface area contributed by atoms with Gasteiger partial charge in [0.1, 0.15) is 0 Å². The number of hydrogen-bond donors (Lipinski definition) is 0. The molecule has 11 heavy (non-hydrogen) atoms. The molecule has 0 saturated heterocycles. The van der Waals surface area contributed by atoms with Gasteiger partial charge in [0.25, 0.3) is 0 Å². The molecule has 60 valence electrons. The number of rotatable bonds is 1. The molecule has 0 fully saturated rings. The molecule has 0 aromatic heterocycles. The Morgan fingerprint density at radius 1 is 1.27 bits per heavy atom. The predicted molar refractivity (Wildman–Crippen MR) is 50.3 cm³/mol. The van der Waals surface area contributed by atoms with Crippen LogP contribution < -0.4 is 0 Å². The van der Waals surface area contributed by atoms with Crippen LogP contribution in [0.5, 0.6) is 0 Å². The zero-order chi connectivity index (χ0) is 8.43. The van der Waals surface area contributed by atoms with Crippen molar-refractivity contribution < 1.29 is 0 Å². The normalized spacial score (nSPS) is 10.6. The highest BCUT2D eigenvalue weighted by Gasteiger charge is 2.05. The Labute approximate surface area is 73.2 Å². The molecule has 0 saturated carbocycles. The first-order valence-electron chi connectivity index (χ1n) is 3.88. The van der Waals surface area contributed by atoms with Crippen LogP contribution in [0.25, 0.3) is 0 Å². The van der Waals surface area contributed by atoms with Gasteiger partial charge in [-0.05, 0) is 24.0 Å². The quantitative estimate of drug-likeness (QED) is 0.599. The Hall–Kier alpha value is -0.490. The maximum Gasteiger partial charge on any atom is 0.0469 e. The van der Waals surface area contributed by atoms with Gasteiger partial charge in [-0.15, -0.1) is 0 Å². The van der Waals surface area contributed by atoms with Gasteiger partial charge >= 0.3 is 0 Å². The van der Waals surface area contributed by atoms with Crippen molar-refractivity contribution in [2.75, 3.05) is 0 Å². The molecule has 0 aliphatic heterocycles. The number of halogens is 1. The van der Waals surface area contributed by atoms with E-state index in [2.05, 4.69) is 26.0 Å². The summed E-state index contributed by atoms with van der Waals surface area (Å²) in [5.74, 6) is 0.516. The van der Waals surface area contributed by atoms with Crippen LogP contribution in [-0.2, 0) is 0 Å². The van der Waals surface area contributed by atoms with E-state index < -0.39 is 0 Å². The van der Waals surface area contributed by atoms with Gasteiger partial charge in [0, 0.05) is 5.02 Å². The number of aryl methyl sites for hydroxylation is 1. The lowest BCUT2D eigenvalue weighted by Gasteiger charge is -2.08. The van der Waals surface area contributed by atoms with E-state index in [-0.39, 0.29) is 0 Å². The second-order valence-corrected chi connectivity index (χ2v) is 3.51. The molecule has 0 aliphatic rings. The summed E-state index contributed by atoms with van der Waals surface area (Å²) in [4.78, 5) is 0. The average Bonchev–Trinajstić information content (AvgIpc) is 1.94. The van der Waals surface area contributed by atoms with Gasteiger partial charge in [0.2, 0.25) is 0 Å². The summed E-state index contributed by atoms with van der Waals surface area (Å²) in [5, 5.41) is 0.919. The minimum Gasteiger partial charge on any atom is -0.0837 e. The lowest BCUT2D eigenvalue weighted by Crippen LogP contribution is -1.89. The van der Waals surface area contributed by atoms with Gasteiger partial charge in [-0.25, -0.2) is 0 Å².